The van der Waals surface area contributed by atoms with E-state index in [9.17, 15) is 8.78 Å². The van der Waals surface area contributed by atoms with E-state index in [4.69, 9.17) is 0 Å². The molecule has 2 aliphatic carbocycles. The second-order valence-electron chi connectivity index (χ2n) is 9.53. The van der Waals surface area contributed by atoms with Gasteiger partial charge in [0.15, 0.2) is 0 Å². The number of rotatable bonds is 2. The number of hydrogen-bond acceptors (Lipinski definition) is 0. The minimum absolute atomic E-state index is 0.248. The highest BCUT2D eigenvalue weighted by atomic mass is 19.1. The van der Waals surface area contributed by atoms with Crippen molar-refractivity contribution in [3.05, 3.63) is 119 Å². The Morgan fingerprint density at radius 3 is 1.89 bits per heavy atom. The highest BCUT2D eigenvalue weighted by Gasteiger charge is 2.30. The largest absolute Gasteiger partial charge is 0.207 e. The van der Waals surface area contributed by atoms with Crippen molar-refractivity contribution >= 4 is 22.9 Å². The predicted octanol–water partition coefficient (Wildman–Crippen LogP) is 7.93. The molecule has 0 unspecified atom stereocenters. The normalized spacial score (nSPS) is 13.1. The Balaban J connectivity index is 1.76. The third-order valence-electron chi connectivity index (χ3n) is 7.50. The van der Waals surface area contributed by atoms with Crippen molar-refractivity contribution in [2.45, 2.75) is 13.3 Å². The molecule has 0 nitrogen and oxygen atoms in total. The molecule has 0 aliphatic heterocycles. The SMILES string of the molecule is Cc1ccc2c3c(cccc13)-c1c-2c(-c2ccc(F)cc2)c2c(c1-c1ccc(F)cc1)=CCC=CC=2. The molecule has 0 bridgehead atoms. The minimum Gasteiger partial charge on any atom is -0.207 e. The average molecular weight is 469 g/mol. The van der Waals surface area contributed by atoms with Gasteiger partial charge >= 0.3 is 0 Å². The molecule has 0 spiro atoms. The second kappa shape index (κ2) is 7.86. The predicted molar refractivity (Wildman–Crippen MR) is 146 cm³/mol. The summed E-state index contributed by atoms with van der Waals surface area (Å²) in [7, 11) is 0. The summed E-state index contributed by atoms with van der Waals surface area (Å²) in [4.78, 5) is 0. The molecule has 5 aromatic carbocycles. The molecule has 0 fully saturated rings. The molecular weight excluding hydrogens is 446 g/mol. The molecule has 0 N–H and O–H groups in total. The molecule has 0 atom stereocenters. The van der Waals surface area contributed by atoms with E-state index < -0.39 is 0 Å². The Bertz CT molecular complexity index is 1860. The summed E-state index contributed by atoms with van der Waals surface area (Å²) in [6.45, 7) is 2.15. The lowest BCUT2D eigenvalue weighted by molar-refractivity contribution is 0.627. The number of hydrogen-bond donors (Lipinski definition) is 0. The maximum Gasteiger partial charge on any atom is 0.123 e. The van der Waals surface area contributed by atoms with Gasteiger partial charge in [-0.2, -0.15) is 0 Å². The van der Waals surface area contributed by atoms with Crippen LogP contribution in [-0.2, 0) is 0 Å². The fourth-order valence-corrected chi connectivity index (χ4v) is 5.94. The average Bonchev–Trinajstić information content (AvgIpc) is 3.04. The van der Waals surface area contributed by atoms with Gasteiger partial charge in [0.1, 0.15) is 11.6 Å². The summed E-state index contributed by atoms with van der Waals surface area (Å²) in [5, 5.41) is 4.72. The lowest BCUT2D eigenvalue weighted by Gasteiger charge is -2.18. The van der Waals surface area contributed by atoms with Gasteiger partial charge in [-0.05, 0) is 109 Å². The lowest BCUT2D eigenvalue weighted by atomic mass is 9.84. The van der Waals surface area contributed by atoms with E-state index in [0.717, 1.165) is 50.2 Å². The number of aryl methyl sites for hydroxylation is 1. The highest BCUT2D eigenvalue weighted by molar-refractivity contribution is 6.21. The Labute approximate surface area is 208 Å². The fourth-order valence-electron chi connectivity index (χ4n) is 5.94. The van der Waals surface area contributed by atoms with Crippen molar-refractivity contribution in [2.75, 3.05) is 0 Å². The summed E-state index contributed by atoms with van der Waals surface area (Å²) in [6.07, 6.45) is 9.47. The van der Waals surface area contributed by atoms with Gasteiger partial charge in [-0.15, -0.1) is 0 Å². The van der Waals surface area contributed by atoms with Gasteiger partial charge in [-0.1, -0.05) is 78.9 Å². The van der Waals surface area contributed by atoms with Crippen molar-refractivity contribution in [1.29, 1.82) is 0 Å². The van der Waals surface area contributed by atoms with E-state index >= 15 is 0 Å². The van der Waals surface area contributed by atoms with E-state index in [-0.39, 0.29) is 11.6 Å². The molecule has 0 heterocycles. The van der Waals surface area contributed by atoms with Gasteiger partial charge in [-0.3, -0.25) is 0 Å². The summed E-state index contributed by atoms with van der Waals surface area (Å²) < 4.78 is 28.0. The molecule has 0 aromatic heterocycles. The van der Waals surface area contributed by atoms with E-state index in [1.165, 1.54) is 51.7 Å². The van der Waals surface area contributed by atoms with Gasteiger partial charge in [0.05, 0.1) is 0 Å². The van der Waals surface area contributed by atoms with Crippen molar-refractivity contribution in [1.82, 2.24) is 0 Å². The third-order valence-corrected chi connectivity index (χ3v) is 7.50. The van der Waals surface area contributed by atoms with Crippen LogP contribution in [0, 0.1) is 18.6 Å². The first-order valence-corrected chi connectivity index (χ1v) is 12.2. The Morgan fingerprint density at radius 2 is 1.22 bits per heavy atom. The van der Waals surface area contributed by atoms with Crippen molar-refractivity contribution < 1.29 is 8.78 Å². The highest BCUT2D eigenvalue weighted by Crippen LogP contribution is 2.53. The van der Waals surface area contributed by atoms with Crippen LogP contribution in [0.3, 0.4) is 0 Å². The van der Waals surface area contributed by atoms with Crippen LogP contribution in [0.15, 0.2) is 91.0 Å². The third kappa shape index (κ3) is 2.97. The molecular formula is C34H22F2. The molecule has 0 radical (unpaired) electrons. The quantitative estimate of drug-likeness (QED) is 0.242. The smallest absolute Gasteiger partial charge is 0.123 e. The van der Waals surface area contributed by atoms with Crippen LogP contribution in [0.5, 0.6) is 0 Å². The van der Waals surface area contributed by atoms with Crippen LogP contribution < -0.4 is 10.4 Å². The number of benzene rings is 5. The van der Waals surface area contributed by atoms with Gasteiger partial charge in [0.25, 0.3) is 0 Å². The van der Waals surface area contributed by atoms with Crippen LogP contribution in [0.1, 0.15) is 12.0 Å². The van der Waals surface area contributed by atoms with Crippen LogP contribution in [0.4, 0.5) is 8.78 Å². The summed E-state index contributed by atoms with van der Waals surface area (Å²) in [5.41, 5.74) is 10.1. The van der Waals surface area contributed by atoms with Crippen molar-refractivity contribution in [3.63, 3.8) is 0 Å². The first-order valence-electron chi connectivity index (χ1n) is 12.2. The molecule has 0 saturated heterocycles. The fraction of sp³-hybridized carbons (Fsp3) is 0.0588. The topological polar surface area (TPSA) is 0 Å². The molecule has 7 rings (SSSR count). The van der Waals surface area contributed by atoms with Crippen LogP contribution in [-0.4, -0.2) is 0 Å². The molecule has 2 heteroatoms. The van der Waals surface area contributed by atoms with Gasteiger partial charge in [0.2, 0.25) is 0 Å². The van der Waals surface area contributed by atoms with Crippen molar-refractivity contribution in [2.24, 2.45) is 0 Å². The molecule has 36 heavy (non-hydrogen) atoms. The first kappa shape index (κ1) is 21.0. The number of fused-ring (bicyclic) bond motifs is 4. The Morgan fingerprint density at radius 1 is 0.611 bits per heavy atom. The zero-order valence-electron chi connectivity index (χ0n) is 19.8. The van der Waals surface area contributed by atoms with Gasteiger partial charge in [0, 0.05) is 0 Å². The van der Waals surface area contributed by atoms with Crippen molar-refractivity contribution in [3.8, 4) is 44.5 Å². The Kier molecular flexibility index (Phi) is 4.59. The molecule has 172 valence electrons. The first-order chi connectivity index (χ1) is 17.6. The minimum atomic E-state index is -0.249. The van der Waals surface area contributed by atoms with Crippen LogP contribution in [0.2, 0.25) is 0 Å². The van der Waals surface area contributed by atoms with Gasteiger partial charge < -0.3 is 0 Å². The van der Waals surface area contributed by atoms with E-state index in [1.807, 2.05) is 24.3 Å². The summed E-state index contributed by atoms with van der Waals surface area (Å²) in [6, 6.07) is 24.6. The Hall–Kier alpha value is -4.30. The standard InChI is InChI=1S/C34H22F2/c1-20-10-19-29-32-25(20)8-5-9-28(32)33-30(21-11-15-23(35)16-12-21)26-6-3-2-4-7-27(26)31(34(29)33)22-13-17-24(36)18-14-22/h2,4-19H,3H2,1H3. The zero-order chi connectivity index (χ0) is 24.4. The second-order valence-corrected chi connectivity index (χ2v) is 9.53. The zero-order valence-corrected chi connectivity index (χ0v) is 19.8. The van der Waals surface area contributed by atoms with E-state index in [2.05, 4.69) is 61.6 Å². The lowest BCUT2D eigenvalue weighted by Crippen LogP contribution is -2.30. The molecule has 2 aliphatic rings. The molecule has 5 aromatic rings. The van der Waals surface area contributed by atoms with E-state index in [0.29, 0.717) is 0 Å². The maximum absolute atomic E-state index is 14.0. The number of allylic oxidation sites excluding steroid dienone is 2. The summed E-state index contributed by atoms with van der Waals surface area (Å²) >= 11 is 0. The van der Waals surface area contributed by atoms with Crippen LogP contribution in [0.25, 0.3) is 67.4 Å². The van der Waals surface area contributed by atoms with Crippen LogP contribution >= 0.6 is 0 Å². The van der Waals surface area contributed by atoms with Gasteiger partial charge in [-0.25, -0.2) is 8.78 Å². The number of halogens is 2. The summed E-state index contributed by atoms with van der Waals surface area (Å²) in [5.74, 6) is -0.497. The van der Waals surface area contributed by atoms with E-state index in [1.54, 1.807) is 0 Å². The maximum atomic E-state index is 14.0. The molecule has 0 saturated carbocycles. The monoisotopic (exact) mass is 468 g/mol. The molecule has 0 amide bonds.